The van der Waals surface area contributed by atoms with E-state index in [1.54, 1.807) is 14.2 Å². The molecule has 3 rings (SSSR count). The number of likely N-dealkylation sites (N-methyl/N-ethyl adjacent to an activating group) is 1. The average Bonchev–Trinajstić information content (AvgIpc) is 2.92. The molecule has 1 fully saturated rings. The second-order valence-electron chi connectivity index (χ2n) is 9.03. The highest BCUT2D eigenvalue weighted by atomic mass is 16.5. The predicted octanol–water partition coefficient (Wildman–Crippen LogP) is 3.33. The van der Waals surface area contributed by atoms with Gasteiger partial charge < -0.3 is 24.6 Å². The topological polar surface area (TPSA) is 117 Å². The van der Waals surface area contributed by atoms with E-state index in [0.29, 0.717) is 6.54 Å². The van der Waals surface area contributed by atoms with E-state index >= 15 is 0 Å². The van der Waals surface area contributed by atoms with Crippen LogP contribution in [0.25, 0.3) is 0 Å². The maximum absolute atomic E-state index is 12.9. The summed E-state index contributed by atoms with van der Waals surface area (Å²) in [6, 6.07) is 14.9. The minimum absolute atomic E-state index is 0.133. The van der Waals surface area contributed by atoms with Crippen LogP contribution in [0.5, 0.6) is 11.5 Å². The molecule has 1 aliphatic rings. The van der Waals surface area contributed by atoms with Crippen molar-refractivity contribution in [1.29, 1.82) is 0 Å². The van der Waals surface area contributed by atoms with Crippen LogP contribution in [0.15, 0.2) is 42.5 Å². The number of carboxylic acids is 2. The van der Waals surface area contributed by atoms with Crippen LogP contribution in [0.3, 0.4) is 0 Å². The molecule has 9 heteroatoms. The summed E-state index contributed by atoms with van der Waals surface area (Å²) in [5.74, 6) is -1.79. The maximum atomic E-state index is 12.9. The van der Waals surface area contributed by atoms with Gasteiger partial charge >= 0.3 is 11.9 Å². The Bertz CT molecular complexity index is 1020. The molecule has 0 atom stereocenters. The van der Waals surface area contributed by atoms with E-state index in [2.05, 4.69) is 36.1 Å². The molecule has 1 heterocycles. The van der Waals surface area contributed by atoms with Crippen LogP contribution >= 0.6 is 0 Å². The van der Waals surface area contributed by atoms with E-state index in [4.69, 9.17) is 29.3 Å². The fraction of sp³-hybridized carbons (Fsp3) is 0.464. The number of nitrogens with zero attached hydrogens (tertiary/aromatic N) is 2. The number of carbonyl (C=O) groups excluding carboxylic acids is 1. The molecule has 2 aromatic carbocycles. The second kappa shape index (κ2) is 14.8. The zero-order valence-corrected chi connectivity index (χ0v) is 22.1. The summed E-state index contributed by atoms with van der Waals surface area (Å²) in [6.07, 6.45) is 3.75. The smallest absolute Gasteiger partial charge is 0.414 e. The molecule has 2 N–H and O–H groups in total. The van der Waals surface area contributed by atoms with Gasteiger partial charge in [-0.05, 0) is 67.6 Å². The Morgan fingerprint density at radius 1 is 0.892 bits per heavy atom. The van der Waals surface area contributed by atoms with Gasteiger partial charge in [-0.25, -0.2) is 9.59 Å². The number of likely N-dealkylation sites (tertiary alicyclic amines) is 1. The summed E-state index contributed by atoms with van der Waals surface area (Å²) in [4.78, 5) is 35.5. The largest absolute Gasteiger partial charge is 0.493 e. The summed E-state index contributed by atoms with van der Waals surface area (Å²) < 4.78 is 10.7. The van der Waals surface area contributed by atoms with Gasteiger partial charge in [0, 0.05) is 26.1 Å². The number of aryl methyl sites for hydroxylation is 1. The lowest BCUT2D eigenvalue weighted by molar-refractivity contribution is -0.159. The highest BCUT2D eigenvalue weighted by Crippen LogP contribution is 2.28. The van der Waals surface area contributed by atoms with Gasteiger partial charge in [-0.1, -0.05) is 37.3 Å². The van der Waals surface area contributed by atoms with Crippen molar-refractivity contribution in [3.05, 3.63) is 59.2 Å². The monoisotopic (exact) mass is 514 g/mol. The Morgan fingerprint density at radius 2 is 1.43 bits per heavy atom. The van der Waals surface area contributed by atoms with Crippen LogP contribution in [0.1, 0.15) is 36.5 Å². The number of piperidine rings is 1. The van der Waals surface area contributed by atoms with E-state index in [1.807, 2.05) is 30.1 Å². The quantitative estimate of drug-likeness (QED) is 0.490. The molecule has 0 radical (unpaired) electrons. The Balaban J connectivity index is 0.000000717. The highest BCUT2D eigenvalue weighted by Gasteiger charge is 2.27. The minimum Gasteiger partial charge on any atom is -0.493 e. The molecule has 0 aliphatic carbocycles. The number of benzene rings is 2. The summed E-state index contributed by atoms with van der Waals surface area (Å²) in [5, 5.41) is 14.8. The van der Waals surface area contributed by atoms with Crippen LogP contribution in [0.4, 0.5) is 0 Å². The van der Waals surface area contributed by atoms with E-state index in [0.717, 1.165) is 62.4 Å². The average molecular weight is 515 g/mol. The molecule has 0 saturated carbocycles. The molecule has 202 valence electrons. The van der Waals surface area contributed by atoms with Crippen LogP contribution in [-0.2, 0) is 33.8 Å². The number of carboxylic acid groups (broad SMARTS) is 2. The van der Waals surface area contributed by atoms with Gasteiger partial charge in [0.15, 0.2) is 11.5 Å². The molecular formula is C28H38N2O7. The number of rotatable bonds is 9. The lowest BCUT2D eigenvalue weighted by Crippen LogP contribution is -2.41. The maximum Gasteiger partial charge on any atom is 0.414 e. The minimum atomic E-state index is -1.82. The first-order valence-corrected chi connectivity index (χ1v) is 12.4. The first kappa shape index (κ1) is 29.6. The lowest BCUT2D eigenvalue weighted by atomic mass is 9.94. The third-order valence-corrected chi connectivity index (χ3v) is 6.52. The van der Waals surface area contributed by atoms with Crippen molar-refractivity contribution in [3.8, 4) is 11.5 Å². The Hall–Kier alpha value is -3.59. The standard InChI is InChI=1S/C26H36N2O3.C2H2O4/c1-5-20-6-8-22(9-7-20)19-28-16-13-23(14-17-28)26(29)27(2)15-12-21-10-11-24(30-3)25(18-21)31-4;3-1(4)2(5)6/h6-11,18,23H,5,12-17,19H2,1-4H3;(H,3,4)(H,5,6). The highest BCUT2D eigenvalue weighted by molar-refractivity contribution is 6.27. The van der Waals surface area contributed by atoms with Gasteiger partial charge in [-0.3, -0.25) is 9.69 Å². The van der Waals surface area contributed by atoms with Crippen molar-refractivity contribution >= 4 is 17.8 Å². The lowest BCUT2D eigenvalue weighted by Gasteiger charge is -2.33. The predicted molar refractivity (Wildman–Crippen MR) is 140 cm³/mol. The van der Waals surface area contributed by atoms with E-state index in [-0.39, 0.29) is 11.8 Å². The van der Waals surface area contributed by atoms with Gasteiger partial charge in [-0.15, -0.1) is 0 Å². The van der Waals surface area contributed by atoms with Crippen LogP contribution in [0.2, 0.25) is 0 Å². The summed E-state index contributed by atoms with van der Waals surface area (Å²) >= 11 is 0. The SMILES string of the molecule is CCc1ccc(CN2CCC(C(=O)N(C)CCc3ccc(OC)c(OC)c3)CC2)cc1.O=C(O)C(=O)O. The molecule has 1 aliphatic heterocycles. The Morgan fingerprint density at radius 3 is 1.95 bits per heavy atom. The zero-order chi connectivity index (χ0) is 27.4. The molecule has 1 saturated heterocycles. The number of amides is 1. The van der Waals surface area contributed by atoms with Gasteiger partial charge in [0.2, 0.25) is 5.91 Å². The zero-order valence-electron chi connectivity index (χ0n) is 22.1. The molecule has 0 aromatic heterocycles. The summed E-state index contributed by atoms with van der Waals surface area (Å²) in [5.41, 5.74) is 3.87. The van der Waals surface area contributed by atoms with Crippen molar-refractivity contribution in [2.75, 3.05) is 40.9 Å². The van der Waals surface area contributed by atoms with Crippen molar-refractivity contribution < 1.29 is 34.1 Å². The molecule has 0 unspecified atom stereocenters. The fourth-order valence-corrected chi connectivity index (χ4v) is 4.23. The molecule has 9 nitrogen and oxygen atoms in total. The van der Waals surface area contributed by atoms with E-state index < -0.39 is 11.9 Å². The van der Waals surface area contributed by atoms with Crippen LogP contribution in [-0.4, -0.2) is 78.8 Å². The van der Waals surface area contributed by atoms with Gasteiger partial charge in [-0.2, -0.15) is 0 Å². The molecule has 0 spiro atoms. The van der Waals surface area contributed by atoms with Gasteiger partial charge in [0.05, 0.1) is 14.2 Å². The van der Waals surface area contributed by atoms with Crippen molar-refractivity contribution in [2.45, 2.75) is 39.2 Å². The van der Waals surface area contributed by atoms with E-state index in [1.165, 1.54) is 11.1 Å². The first-order valence-electron chi connectivity index (χ1n) is 12.4. The van der Waals surface area contributed by atoms with Gasteiger partial charge in [0.1, 0.15) is 0 Å². The van der Waals surface area contributed by atoms with Crippen molar-refractivity contribution in [2.24, 2.45) is 5.92 Å². The molecular weight excluding hydrogens is 476 g/mol. The summed E-state index contributed by atoms with van der Waals surface area (Å²) in [6.45, 7) is 5.82. The van der Waals surface area contributed by atoms with E-state index in [9.17, 15) is 4.79 Å². The normalized spacial score (nSPS) is 13.7. The first-order chi connectivity index (χ1) is 17.7. The number of aliphatic carboxylic acids is 2. The third kappa shape index (κ3) is 9.42. The third-order valence-electron chi connectivity index (χ3n) is 6.52. The van der Waals surface area contributed by atoms with Crippen molar-refractivity contribution in [1.82, 2.24) is 9.80 Å². The number of hydrogen-bond donors (Lipinski definition) is 2. The Kier molecular flexibility index (Phi) is 11.9. The Labute approximate surface area is 218 Å². The second-order valence-corrected chi connectivity index (χ2v) is 9.03. The molecule has 37 heavy (non-hydrogen) atoms. The summed E-state index contributed by atoms with van der Waals surface area (Å²) in [7, 11) is 5.20. The van der Waals surface area contributed by atoms with Gasteiger partial charge in [0.25, 0.3) is 0 Å². The number of hydrogen-bond acceptors (Lipinski definition) is 6. The number of carbonyl (C=O) groups is 3. The fourth-order valence-electron chi connectivity index (χ4n) is 4.23. The number of ether oxygens (including phenoxy) is 2. The molecule has 0 bridgehead atoms. The van der Waals surface area contributed by atoms with Crippen LogP contribution in [0, 0.1) is 5.92 Å². The van der Waals surface area contributed by atoms with Crippen LogP contribution < -0.4 is 9.47 Å². The molecule has 1 amide bonds. The van der Waals surface area contributed by atoms with Crippen molar-refractivity contribution in [3.63, 3.8) is 0 Å². The molecule has 2 aromatic rings. The number of methoxy groups -OCH3 is 2.